The highest BCUT2D eigenvalue weighted by Gasteiger charge is 2.24. The van der Waals surface area contributed by atoms with E-state index in [4.69, 9.17) is 20.1 Å². The Morgan fingerprint density at radius 3 is 1.67 bits per heavy atom. The van der Waals surface area contributed by atoms with Crippen molar-refractivity contribution in [2.45, 2.75) is 135 Å². The lowest BCUT2D eigenvalue weighted by molar-refractivity contribution is -0.144. The topological polar surface area (TPSA) is 145 Å². The summed E-state index contributed by atoms with van der Waals surface area (Å²) in [6.45, 7) is 1.94. The lowest BCUT2D eigenvalue weighted by Gasteiger charge is -2.13. The minimum Gasteiger partial charge on any atom is -0.480 e. The van der Waals surface area contributed by atoms with Crippen LogP contribution < -0.4 is 5.73 Å². The molecule has 0 amide bonds. The number of phosphoric acid groups is 1. The molecule has 2 atom stereocenters. The third-order valence-corrected chi connectivity index (χ3v) is 7.01. The Morgan fingerprint density at radius 2 is 1.17 bits per heavy atom. The van der Waals surface area contributed by atoms with Crippen molar-refractivity contribution in [3.05, 3.63) is 0 Å². The molecular formula is C26H52NO8P. The zero-order chi connectivity index (χ0) is 26.9. The monoisotopic (exact) mass is 537 g/mol. The minimum absolute atomic E-state index is 0.0246. The molecule has 36 heavy (non-hydrogen) atoms. The van der Waals surface area contributed by atoms with E-state index in [1.54, 1.807) is 0 Å². The fraction of sp³-hybridized carbons (Fsp3) is 0.923. The second-order valence-electron chi connectivity index (χ2n) is 9.52. The van der Waals surface area contributed by atoms with Crippen molar-refractivity contribution >= 4 is 19.8 Å². The van der Waals surface area contributed by atoms with Crippen molar-refractivity contribution in [2.75, 3.05) is 19.8 Å². The molecule has 1 unspecified atom stereocenters. The molecule has 0 aromatic heterocycles. The number of carbonyl (C=O) groups is 2. The van der Waals surface area contributed by atoms with Gasteiger partial charge in [0.2, 0.25) is 0 Å². The van der Waals surface area contributed by atoms with Gasteiger partial charge in [0.25, 0.3) is 0 Å². The fourth-order valence-electron chi connectivity index (χ4n) is 3.74. The summed E-state index contributed by atoms with van der Waals surface area (Å²) in [6, 6.07) is -1.39. The number of unbranched alkanes of at least 4 members (excludes halogenated alkanes) is 16. The quantitative estimate of drug-likeness (QED) is 0.0606. The first-order valence-electron chi connectivity index (χ1n) is 14.0. The summed E-state index contributed by atoms with van der Waals surface area (Å²) in [5.41, 5.74) is 5.20. The van der Waals surface area contributed by atoms with Crippen molar-refractivity contribution < 1.29 is 37.9 Å². The summed E-state index contributed by atoms with van der Waals surface area (Å²) in [5.74, 6) is -1.51. The van der Waals surface area contributed by atoms with Crippen LogP contribution in [0.15, 0.2) is 0 Å². The SMILES string of the molecule is CCCCCCCCCCCCCCCCCC(=O)OCCCCCOP(=O)(O)OC[C@H](N)C(=O)O. The number of carbonyl (C=O) groups excluding carboxylic acids is 1. The van der Waals surface area contributed by atoms with E-state index in [-0.39, 0.29) is 12.6 Å². The van der Waals surface area contributed by atoms with Gasteiger partial charge in [-0.05, 0) is 25.7 Å². The van der Waals surface area contributed by atoms with Crippen LogP contribution in [-0.4, -0.2) is 47.8 Å². The smallest absolute Gasteiger partial charge is 0.472 e. The molecule has 0 aliphatic rings. The van der Waals surface area contributed by atoms with Crippen LogP contribution in [0.2, 0.25) is 0 Å². The Balaban J connectivity index is 3.38. The number of hydrogen-bond acceptors (Lipinski definition) is 7. The second kappa shape index (κ2) is 24.4. The van der Waals surface area contributed by atoms with Crippen LogP contribution in [-0.2, 0) is 27.9 Å². The van der Waals surface area contributed by atoms with E-state index < -0.39 is 26.4 Å². The van der Waals surface area contributed by atoms with Gasteiger partial charge >= 0.3 is 19.8 Å². The Hall–Kier alpha value is -0.990. The van der Waals surface area contributed by atoms with Gasteiger partial charge in [0.1, 0.15) is 6.04 Å². The number of carboxylic acids is 1. The van der Waals surface area contributed by atoms with Crippen molar-refractivity contribution in [1.29, 1.82) is 0 Å². The molecule has 0 spiro atoms. The molecule has 4 N–H and O–H groups in total. The molecule has 0 radical (unpaired) electrons. The normalized spacial score (nSPS) is 13.9. The zero-order valence-corrected chi connectivity index (χ0v) is 23.4. The van der Waals surface area contributed by atoms with Gasteiger partial charge < -0.3 is 20.5 Å². The number of esters is 1. The third-order valence-electron chi connectivity index (χ3n) is 6.03. The van der Waals surface area contributed by atoms with E-state index in [1.807, 2.05) is 0 Å². The van der Waals surface area contributed by atoms with Gasteiger partial charge in [-0.2, -0.15) is 0 Å². The Kier molecular flexibility index (Phi) is 23.7. The highest BCUT2D eigenvalue weighted by molar-refractivity contribution is 7.47. The summed E-state index contributed by atoms with van der Waals surface area (Å²) in [4.78, 5) is 31.8. The van der Waals surface area contributed by atoms with Gasteiger partial charge in [0.05, 0.1) is 19.8 Å². The molecule has 10 heteroatoms. The second-order valence-corrected chi connectivity index (χ2v) is 11.0. The highest BCUT2D eigenvalue weighted by Crippen LogP contribution is 2.43. The third kappa shape index (κ3) is 24.7. The van der Waals surface area contributed by atoms with E-state index in [2.05, 4.69) is 11.4 Å². The first-order valence-corrected chi connectivity index (χ1v) is 15.5. The van der Waals surface area contributed by atoms with Crippen LogP contribution in [0.25, 0.3) is 0 Å². The van der Waals surface area contributed by atoms with Crippen molar-refractivity contribution in [1.82, 2.24) is 0 Å². The van der Waals surface area contributed by atoms with Gasteiger partial charge in [0, 0.05) is 6.42 Å². The largest absolute Gasteiger partial charge is 0.480 e. The van der Waals surface area contributed by atoms with E-state index in [9.17, 15) is 19.0 Å². The van der Waals surface area contributed by atoms with Crippen LogP contribution in [0.4, 0.5) is 0 Å². The van der Waals surface area contributed by atoms with Gasteiger partial charge in [-0.3, -0.25) is 18.6 Å². The maximum absolute atomic E-state index is 11.8. The van der Waals surface area contributed by atoms with Gasteiger partial charge in [-0.15, -0.1) is 0 Å². The van der Waals surface area contributed by atoms with E-state index in [0.717, 1.165) is 12.8 Å². The standard InChI is InChI=1S/C26H52NO8P/c1-2-3-4-5-6-7-8-9-10-11-12-13-14-15-17-20-25(28)33-21-18-16-19-22-34-36(31,32)35-23-24(27)26(29)30/h24H,2-23,27H2,1H3,(H,29,30)(H,31,32)/t24-/m0/s1. The predicted octanol–water partition coefficient (Wildman–Crippen LogP) is 6.51. The average molecular weight is 538 g/mol. The number of hydrogen-bond donors (Lipinski definition) is 3. The molecular weight excluding hydrogens is 485 g/mol. The lowest BCUT2D eigenvalue weighted by Crippen LogP contribution is -2.34. The van der Waals surface area contributed by atoms with Crippen molar-refractivity contribution in [3.63, 3.8) is 0 Å². The highest BCUT2D eigenvalue weighted by atomic mass is 31.2. The molecule has 0 rings (SSSR count). The summed E-state index contributed by atoms with van der Waals surface area (Å²) in [6.07, 6.45) is 21.6. The predicted molar refractivity (Wildman–Crippen MR) is 142 cm³/mol. The molecule has 214 valence electrons. The summed E-state index contributed by atoms with van der Waals surface area (Å²) >= 11 is 0. The van der Waals surface area contributed by atoms with Gasteiger partial charge in [0.15, 0.2) is 0 Å². The molecule has 0 aromatic carbocycles. The summed E-state index contributed by atoms with van der Waals surface area (Å²) in [5, 5.41) is 8.61. The number of phosphoric ester groups is 1. The molecule has 0 aromatic rings. The Bertz CT molecular complexity index is 590. The maximum atomic E-state index is 11.8. The first-order chi connectivity index (χ1) is 17.3. The van der Waals surface area contributed by atoms with Crippen LogP contribution in [0.3, 0.4) is 0 Å². The molecule has 0 saturated carbocycles. The van der Waals surface area contributed by atoms with E-state index in [0.29, 0.717) is 32.3 Å². The maximum Gasteiger partial charge on any atom is 0.472 e. The van der Waals surface area contributed by atoms with Crippen LogP contribution in [0.5, 0.6) is 0 Å². The van der Waals surface area contributed by atoms with Crippen LogP contribution in [0.1, 0.15) is 129 Å². The number of rotatable bonds is 27. The molecule has 0 aliphatic heterocycles. The van der Waals surface area contributed by atoms with E-state index in [1.165, 1.54) is 83.5 Å². The molecule has 0 aliphatic carbocycles. The summed E-state index contributed by atoms with van der Waals surface area (Å²) in [7, 11) is -4.32. The van der Waals surface area contributed by atoms with Crippen LogP contribution in [0, 0.1) is 0 Å². The molecule has 0 fully saturated rings. The van der Waals surface area contributed by atoms with E-state index >= 15 is 0 Å². The number of ether oxygens (including phenoxy) is 1. The first kappa shape index (κ1) is 35.0. The lowest BCUT2D eigenvalue weighted by atomic mass is 10.0. The summed E-state index contributed by atoms with van der Waals surface area (Å²) < 4.78 is 26.1. The minimum atomic E-state index is -4.32. The number of aliphatic carboxylic acids is 1. The van der Waals surface area contributed by atoms with Gasteiger partial charge in [-0.25, -0.2) is 4.57 Å². The molecule has 0 bridgehead atoms. The fourth-order valence-corrected chi connectivity index (χ4v) is 4.53. The Labute approximate surface area is 218 Å². The van der Waals surface area contributed by atoms with Crippen LogP contribution >= 0.6 is 7.82 Å². The van der Waals surface area contributed by atoms with Crippen molar-refractivity contribution in [2.24, 2.45) is 5.73 Å². The number of nitrogens with two attached hydrogens (primary N) is 1. The molecule has 0 heterocycles. The Morgan fingerprint density at radius 1 is 0.722 bits per heavy atom. The molecule has 9 nitrogen and oxygen atoms in total. The van der Waals surface area contributed by atoms with Crippen molar-refractivity contribution in [3.8, 4) is 0 Å². The molecule has 0 saturated heterocycles. The van der Waals surface area contributed by atoms with Gasteiger partial charge in [-0.1, -0.05) is 96.8 Å². The average Bonchev–Trinajstić information content (AvgIpc) is 2.84. The number of carboxylic acid groups (broad SMARTS) is 1. The zero-order valence-electron chi connectivity index (χ0n) is 22.5.